The van der Waals surface area contributed by atoms with Crippen molar-refractivity contribution in [3.63, 3.8) is 0 Å². The van der Waals surface area contributed by atoms with Crippen LogP contribution in [0.4, 0.5) is 0 Å². The molecule has 0 bridgehead atoms. The number of rotatable bonds is 9. The largest absolute Gasteiger partial charge is 0.496 e. The van der Waals surface area contributed by atoms with E-state index in [1.54, 1.807) is 39.5 Å². The van der Waals surface area contributed by atoms with Crippen LogP contribution in [0.25, 0.3) is 6.08 Å². The first kappa shape index (κ1) is 22.7. The van der Waals surface area contributed by atoms with Gasteiger partial charge in [0.15, 0.2) is 11.5 Å². The molecule has 0 unspecified atom stereocenters. The fourth-order valence-electron chi connectivity index (χ4n) is 3.73. The zero-order valence-electron chi connectivity index (χ0n) is 18.6. The van der Waals surface area contributed by atoms with Gasteiger partial charge in [0, 0.05) is 30.8 Å². The number of hydrogen-bond acceptors (Lipinski definition) is 5. The summed E-state index contributed by atoms with van der Waals surface area (Å²) in [5.74, 6) is 1.58. The van der Waals surface area contributed by atoms with Crippen molar-refractivity contribution in [3.05, 3.63) is 59.2 Å². The second-order valence-corrected chi connectivity index (χ2v) is 7.65. The number of likely N-dealkylation sites (tertiary alicyclic amines) is 1. The van der Waals surface area contributed by atoms with Gasteiger partial charge in [0.05, 0.1) is 21.3 Å². The minimum atomic E-state index is -0.172. The Balaban J connectivity index is 1.54. The molecule has 0 radical (unpaired) electrons. The van der Waals surface area contributed by atoms with Gasteiger partial charge in [0.1, 0.15) is 5.75 Å². The van der Waals surface area contributed by atoms with Gasteiger partial charge in [-0.25, -0.2) is 0 Å². The molecule has 1 aliphatic heterocycles. The second-order valence-electron chi connectivity index (χ2n) is 7.65. The summed E-state index contributed by atoms with van der Waals surface area (Å²) < 4.78 is 16.0. The maximum Gasteiger partial charge on any atom is 0.244 e. The molecule has 1 saturated heterocycles. The lowest BCUT2D eigenvalue weighted by atomic mass is 10.1. The Labute approximate surface area is 184 Å². The van der Waals surface area contributed by atoms with Gasteiger partial charge >= 0.3 is 0 Å². The minimum Gasteiger partial charge on any atom is -0.496 e. The van der Waals surface area contributed by atoms with Crippen molar-refractivity contribution in [1.82, 2.24) is 10.2 Å². The van der Waals surface area contributed by atoms with Gasteiger partial charge in [-0.2, -0.15) is 0 Å². The Morgan fingerprint density at radius 3 is 2.16 bits per heavy atom. The normalized spacial score (nSPS) is 14.4. The summed E-state index contributed by atoms with van der Waals surface area (Å²) in [5, 5.41) is 2.93. The molecule has 0 aliphatic carbocycles. The quantitative estimate of drug-likeness (QED) is 0.616. The van der Waals surface area contributed by atoms with Crippen molar-refractivity contribution in [2.24, 2.45) is 0 Å². The number of ether oxygens (including phenoxy) is 3. The van der Waals surface area contributed by atoms with Gasteiger partial charge in [-0.05, 0) is 49.2 Å². The maximum absolute atomic E-state index is 12.3. The summed E-state index contributed by atoms with van der Waals surface area (Å²) in [4.78, 5) is 14.8. The molecular formula is C25H32N2O4. The van der Waals surface area contributed by atoms with Crippen LogP contribution in [0.5, 0.6) is 17.2 Å². The van der Waals surface area contributed by atoms with Crippen molar-refractivity contribution in [2.75, 3.05) is 34.4 Å². The molecular weight excluding hydrogens is 392 g/mol. The van der Waals surface area contributed by atoms with Crippen molar-refractivity contribution in [2.45, 2.75) is 32.4 Å². The van der Waals surface area contributed by atoms with Gasteiger partial charge in [-0.15, -0.1) is 0 Å². The zero-order chi connectivity index (χ0) is 22.1. The molecule has 6 heteroatoms. The first-order chi connectivity index (χ1) is 15.1. The molecule has 0 aromatic heterocycles. The van der Waals surface area contributed by atoms with E-state index < -0.39 is 0 Å². The molecule has 1 fully saturated rings. The lowest BCUT2D eigenvalue weighted by molar-refractivity contribution is -0.116. The Hall–Kier alpha value is -2.99. The standard InChI is InChI=1S/C25H32N2O4/c1-29-22-16-24(31-3)23(30-2)15-21(22)11-12-25(28)26-17-19-7-9-20(10-8-19)18-27-13-5-4-6-14-27/h7-12,15-16H,4-6,13-14,17-18H2,1-3H3,(H,26,28)/b12-11+. The third kappa shape index (κ3) is 6.49. The highest BCUT2D eigenvalue weighted by molar-refractivity contribution is 5.92. The summed E-state index contributed by atoms with van der Waals surface area (Å²) in [6, 6.07) is 12.0. The molecule has 166 valence electrons. The number of benzene rings is 2. The number of carbonyl (C=O) groups is 1. The van der Waals surface area contributed by atoms with E-state index in [1.807, 2.05) is 0 Å². The molecule has 3 rings (SSSR count). The Morgan fingerprint density at radius 1 is 0.903 bits per heavy atom. The molecule has 1 heterocycles. The van der Waals surface area contributed by atoms with E-state index in [2.05, 4.69) is 34.5 Å². The Kier molecular flexibility index (Phi) is 8.35. The van der Waals surface area contributed by atoms with Crippen LogP contribution in [0.1, 0.15) is 36.0 Å². The molecule has 6 nitrogen and oxygen atoms in total. The van der Waals surface area contributed by atoms with Crippen LogP contribution in [0.3, 0.4) is 0 Å². The van der Waals surface area contributed by atoms with Gasteiger partial charge in [0.2, 0.25) is 5.91 Å². The summed E-state index contributed by atoms with van der Waals surface area (Å²) in [6.07, 6.45) is 7.15. The average molecular weight is 425 g/mol. The van der Waals surface area contributed by atoms with Crippen LogP contribution in [0.2, 0.25) is 0 Å². The minimum absolute atomic E-state index is 0.172. The van der Waals surface area contributed by atoms with Crippen LogP contribution in [-0.4, -0.2) is 45.2 Å². The van der Waals surface area contributed by atoms with Crippen molar-refractivity contribution < 1.29 is 19.0 Å². The van der Waals surface area contributed by atoms with E-state index in [4.69, 9.17) is 14.2 Å². The van der Waals surface area contributed by atoms with Gasteiger partial charge in [-0.3, -0.25) is 9.69 Å². The van der Waals surface area contributed by atoms with Gasteiger partial charge in [0.25, 0.3) is 0 Å². The zero-order valence-corrected chi connectivity index (χ0v) is 18.6. The number of nitrogens with zero attached hydrogens (tertiary/aromatic N) is 1. The van der Waals surface area contributed by atoms with Crippen LogP contribution >= 0.6 is 0 Å². The van der Waals surface area contributed by atoms with E-state index >= 15 is 0 Å². The SMILES string of the molecule is COc1cc(OC)c(OC)cc1/C=C/C(=O)NCc1ccc(CN2CCCCC2)cc1. The molecule has 0 saturated carbocycles. The van der Waals surface area contributed by atoms with Crippen molar-refractivity contribution in [3.8, 4) is 17.2 Å². The number of methoxy groups -OCH3 is 3. The molecule has 0 spiro atoms. The highest BCUT2D eigenvalue weighted by atomic mass is 16.5. The first-order valence-corrected chi connectivity index (χ1v) is 10.7. The number of carbonyl (C=O) groups excluding carboxylic acids is 1. The van der Waals surface area contributed by atoms with E-state index in [1.165, 1.54) is 44.0 Å². The van der Waals surface area contributed by atoms with E-state index in [-0.39, 0.29) is 5.91 Å². The van der Waals surface area contributed by atoms with E-state index in [9.17, 15) is 4.79 Å². The second kappa shape index (κ2) is 11.4. The number of nitrogens with one attached hydrogen (secondary N) is 1. The Morgan fingerprint density at radius 2 is 1.52 bits per heavy atom. The molecule has 1 aliphatic rings. The van der Waals surface area contributed by atoms with Gasteiger partial charge in [-0.1, -0.05) is 30.7 Å². The molecule has 1 N–H and O–H groups in total. The van der Waals surface area contributed by atoms with Crippen molar-refractivity contribution >= 4 is 12.0 Å². The monoisotopic (exact) mass is 424 g/mol. The molecule has 31 heavy (non-hydrogen) atoms. The lowest BCUT2D eigenvalue weighted by Crippen LogP contribution is -2.29. The maximum atomic E-state index is 12.3. The predicted octanol–water partition coefficient (Wildman–Crippen LogP) is 4.03. The van der Waals surface area contributed by atoms with Crippen LogP contribution in [-0.2, 0) is 17.9 Å². The number of amides is 1. The van der Waals surface area contributed by atoms with E-state index in [0.717, 1.165) is 17.7 Å². The molecule has 0 atom stereocenters. The summed E-state index contributed by atoms with van der Waals surface area (Å²) in [7, 11) is 4.72. The van der Waals surface area contributed by atoms with Crippen LogP contribution in [0.15, 0.2) is 42.5 Å². The average Bonchev–Trinajstić information content (AvgIpc) is 2.82. The lowest BCUT2D eigenvalue weighted by Gasteiger charge is -2.26. The smallest absolute Gasteiger partial charge is 0.244 e. The van der Waals surface area contributed by atoms with E-state index in [0.29, 0.717) is 23.8 Å². The molecule has 2 aromatic carbocycles. The van der Waals surface area contributed by atoms with Crippen LogP contribution in [0, 0.1) is 0 Å². The molecule has 1 amide bonds. The summed E-state index contributed by atoms with van der Waals surface area (Å²) in [6.45, 7) is 3.86. The highest BCUT2D eigenvalue weighted by Gasteiger charge is 2.11. The van der Waals surface area contributed by atoms with Crippen molar-refractivity contribution in [1.29, 1.82) is 0 Å². The number of piperidine rings is 1. The first-order valence-electron chi connectivity index (χ1n) is 10.7. The third-order valence-corrected chi connectivity index (χ3v) is 5.49. The molecule has 2 aromatic rings. The third-order valence-electron chi connectivity index (χ3n) is 5.49. The fourth-order valence-corrected chi connectivity index (χ4v) is 3.73. The predicted molar refractivity (Wildman–Crippen MR) is 123 cm³/mol. The fraction of sp³-hybridized carbons (Fsp3) is 0.400. The topological polar surface area (TPSA) is 60.0 Å². The van der Waals surface area contributed by atoms with Crippen LogP contribution < -0.4 is 19.5 Å². The Bertz CT molecular complexity index is 887. The summed E-state index contributed by atoms with van der Waals surface area (Å²) >= 11 is 0. The number of hydrogen-bond donors (Lipinski definition) is 1. The summed E-state index contributed by atoms with van der Waals surface area (Å²) in [5.41, 5.74) is 3.13. The van der Waals surface area contributed by atoms with Gasteiger partial charge < -0.3 is 19.5 Å². The highest BCUT2D eigenvalue weighted by Crippen LogP contribution is 2.35.